The van der Waals surface area contributed by atoms with Crippen molar-refractivity contribution >= 4 is 19.8 Å². The summed E-state index contributed by atoms with van der Waals surface area (Å²) < 4.78 is 34.6. The van der Waals surface area contributed by atoms with Gasteiger partial charge in [-0.2, -0.15) is 0 Å². The maximum Gasteiger partial charge on any atom is 0.472 e. The monoisotopic (exact) mass is 1130 g/mol. The maximum atomic E-state index is 12.8. The molecule has 0 aliphatic rings. The topological polar surface area (TPSA) is 108 Å². The largest absolute Gasteiger partial charge is 0.472 e. The summed E-state index contributed by atoms with van der Waals surface area (Å²) in [4.78, 5) is 35.8. The summed E-state index contributed by atoms with van der Waals surface area (Å²) in [5.74, 6) is -0.826. The van der Waals surface area contributed by atoms with Crippen LogP contribution in [-0.2, 0) is 32.7 Å². The molecular weight excluding hydrogens is 1010 g/mol. The van der Waals surface area contributed by atoms with Gasteiger partial charge in [-0.15, -0.1) is 0 Å². The molecule has 0 aromatic rings. The lowest BCUT2D eigenvalue weighted by Crippen LogP contribution is -2.37. The molecule has 80 heavy (non-hydrogen) atoms. The molecule has 0 heterocycles. The van der Waals surface area contributed by atoms with Gasteiger partial charge in [0.15, 0.2) is 6.10 Å². The quantitative estimate of drug-likeness (QED) is 0.0211. The Kier molecular flexibility index (Phi) is 57.3. The van der Waals surface area contributed by atoms with Crippen LogP contribution in [0, 0.1) is 0 Å². The van der Waals surface area contributed by atoms with Crippen LogP contribution in [-0.4, -0.2) is 74.9 Å². The Morgan fingerprint density at radius 1 is 0.400 bits per heavy atom. The standard InChI is InChI=1S/C70H120NO8P/c1-6-8-10-12-14-16-18-20-22-24-26-28-29-30-31-32-33-34-35-36-37-38-39-40-41-43-45-47-49-51-53-55-57-59-61-63-70(73)79-68(67-78-80(74,75)77-65-64-71(3,4)5)66-76-69(72)62-60-58-56-54-52-50-48-46-44-42-27-25-23-21-19-17-15-13-11-9-7-2/h8,10,14,16,20,22,26,28,30-31,33-34,36-37,39-40,43,45,49,51,68H,6-7,9,11-13,15,17-19,21,23-25,27,29,32,35,38,41-42,44,46-48,50,52-67H2,1-5H3/p+1/b10-8-,16-14-,22-20-,28-26-,31-30-,34-33-,37-36-,40-39-,45-43-,51-49-. The molecule has 0 fully saturated rings. The van der Waals surface area contributed by atoms with E-state index in [-0.39, 0.29) is 32.0 Å². The highest BCUT2D eigenvalue weighted by Crippen LogP contribution is 2.43. The van der Waals surface area contributed by atoms with Crippen LogP contribution in [0.2, 0.25) is 0 Å². The van der Waals surface area contributed by atoms with Crippen LogP contribution >= 0.6 is 7.82 Å². The number of phosphoric ester groups is 1. The van der Waals surface area contributed by atoms with Gasteiger partial charge >= 0.3 is 19.8 Å². The number of rotatable bonds is 58. The van der Waals surface area contributed by atoms with E-state index in [0.717, 1.165) is 109 Å². The molecule has 0 saturated heterocycles. The van der Waals surface area contributed by atoms with E-state index in [1.165, 1.54) is 116 Å². The van der Waals surface area contributed by atoms with E-state index >= 15 is 0 Å². The molecule has 0 radical (unpaired) electrons. The smallest absolute Gasteiger partial charge is 0.462 e. The van der Waals surface area contributed by atoms with Crippen molar-refractivity contribution in [1.82, 2.24) is 0 Å². The van der Waals surface area contributed by atoms with E-state index < -0.39 is 26.5 Å². The molecule has 0 rings (SSSR count). The first kappa shape index (κ1) is 76.4. The molecular formula is C70H121NO8P+. The van der Waals surface area contributed by atoms with Crippen LogP contribution in [0.15, 0.2) is 122 Å². The molecule has 0 aromatic heterocycles. The van der Waals surface area contributed by atoms with Gasteiger partial charge in [0.2, 0.25) is 0 Å². The van der Waals surface area contributed by atoms with Crippen LogP contribution in [0.4, 0.5) is 0 Å². The fourth-order valence-corrected chi connectivity index (χ4v) is 9.32. The minimum Gasteiger partial charge on any atom is -0.462 e. The molecule has 458 valence electrons. The van der Waals surface area contributed by atoms with Crippen LogP contribution in [0.5, 0.6) is 0 Å². The summed E-state index contributed by atoms with van der Waals surface area (Å²) in [5.41, 5.74) is 0. The Hall–Kier alpha value is -3.59. The predicted molar refractivity (Wildman–Crippen MR) is 344 cm³/mol. The van der Waals surface area contributed by atoms with Gasteiger partial charge in [-0.25, -0.2) is 4.57 Å². The van der Waals surface area contributed by atoms with Crippen LogP contribution in [0.25, 0.3) is 0 Å². The third kappa shape index (κ3) is 63.6. The lowest BCUT2D eigenvalue weighted by molar-refractivity contribution is -0.870. The predicted octanol–water partition coefficient (Wildman–Crippen LogP) is 20.7. The number of carbonyl (C=O) groups excluding carboxylic acids is 2. The number of hydrogen-bond donors (Lipinski definition) is 1. The molecule has 0 aliphatic carbocycles. The Bertz CT molecular complexity index is 1760. The summed E-state index contributed by atoms with van der Waals surface area (Å²) in [5, 5.41) is 0. The van der Waals surface area contributed by atoms with E-state index in [0.29, 0.717) is 17.4 Å². The summed E-state index contributed by atoms with van der Waals surface area (Å²) in [7, 11) is 1.45. The van der Waals surface area contributed by atoms with E-state index in [2.05, 4.69) is 135 Å². The number of nitrogens with zero attached hydrogens (tertiary/aromatic N) is 1. The Morgan fingerprint density at radius 3 is 1.06 bits per heavy atom. The second-order valence-electron chi connectivity index (χ2n) is 22.4. The van der Waals surface area contributed by atoms with Crippen molar-refractivity contribution in [2.24, 2.45) is 0 Å². The second kappa shape index (κ2) is 60.0. The zero-order valence-electron chi connectivity index (χ0n) is 52.0. The third-order valence-electron chi connectivity index (χ3n) is 13.5. The van der Waals surface area contributed by atoms with Gasteiger partial charge in [0, 0.05) is 12.8 Å². The fraction of sp³-hybridized carbons (Fsp3) is 0.686. The van der Waals surface area contributed by atoms with Crippen LogP contribution in [0.1, 0.15) is 258 Å². The van der Waals surface area contributed by atoms with Gasteiger partial charge in [-0.05, 0) is 89.9 Å². The summed E-state index contributed by atoms with van der Waals surface area (Å²) in [6, 6.07) is 0. The highest BCUT2D eigenvalue weighted by molar-refractivity contribution is 7.47. The average molecular weight is 1140 g/mol. The first-order valence-electron chi connectivity index (χ1n) is 32.3. The first-order valence-corrected chi connectivity index (χ1v) is 33.8. The number of allylic oxidation sites excluding steroid dienone is 20. The number of hydrogen-bond acceptors (Lipinski definition) is 7. The number of unbranched alkanes of at least 4 members (excludes halogenated alkanes) is 24. The first-order chi connectivity index (χ1) is 39.0. The zero-order valence-corrected chi connectivity index (χ0v) is 52.9. The molecule has 0 aromatic carbocycles. The van der Waals surface area contributed by atoms with Crippen LogP contribution < -0.4 is 0 Å². The van der Waals surface area contributed by atoms with Crippen molar-refractivity contribution in [3.05, 3.63) is 122 Å². The van der Waals surface area contributed by atoms with E-state index in [4.69, 9.17) is 18.5 Å². The molecule has 0 saturated carbocycles. The van der Waals surface area contributed by atoms with Crippen molar-refractivity contribution in [3.63, 3.8) is 0 Å². The molecule has 2 unspecified atom stereocenters. The highest BCUT2D eigenvalue weighted by Gasteiger charge is 2.27. The van der Waals surface area contributed by atoms with E-state index in [1.807, 2.05) is 21.1 Å². The second-order valence-corrected chi connectivity index (χ2v) is 23.9. The minimum absolute atomic E-state index is 0.0215. The number of ether oxygens (including phenoxy) is 2. The number of phosphoric acid groups is 1. The summed E-state index contributed by atoms with van der Waals surface area (Å²) in [6.07, 6.45) is 85.7. The normalized spacial score (nSPS) is 14.0. The molecule has 0 bridgehead atoms. The zero-order chi connectivity index (χ0) is 58.4. The molecule has 0 amide bonds. The lowest BCUT2D eigenvalue weighted by atomic mass is 10.0. The van der Waals surface area contributed by atoms with Crippen LogP contribution in [0.3, 0.4) is 0 Å². The molecule has 0 spiro atoms. The van der Waals surface area contributed by atoms with Gasteiger partial charge < -0.3 is 18.9 Å². The maximum absolute atomic E-state index is 12.8. The molecule has 10 heteroatoms. The molecule has 9 nitrogen and oxygen atoms in total. The average Bonchev–Trinajstić information content (AvgIpc) is 3.42. The van der Waals surface area contributed by atoms with Crippen molar-refractivity contribution in [2.75, 3.05) is 47.5 Å². The van der Waals surface area contributed by atoms with Gasteiger partial charge in [-0.3, -0.25) is 18.6 Å². The number of esters is 2. The van der Waals surface area contributed by atoms with Crippen molar-refractivity contribution < 1.29 is 42.1 Å². The van der Waals surface area contributed by atoms with Gasteiger partial charge in [0.05, 0.1) is 27.7 Å². The Balaban J connectivity index is 4.21. The molecule has 1 N–H and O–H groups in total. The third-order valence-corrected chi connectivity index (χ3v) is 14.5. The van der Waals surface area contributed by atoms with Crippen molar-refractivity contribution in [3.8, 4) is 0 Å². The molecule has 0 aliphatic heterocycles. The number of quaternary nitrogens is 1. The fourth-order valence-electron chi connectivity index (χ4n) is 8.57. The van der Waals surface area contributed by atoms with Crippen molar-refractivity contribution in [2.45, 2.75) is 264 Å². The summed E-state index contributed by atoms with van der Waals surface area (Å²) in [6.45, 7) is 4.30. The lowest BCUT2D eigenvalue weighted by Gasteiger charge is -2.24. The SMILES string of the molecule is CC/C=C\C/C=C\C/C=C\C/C=C\C/C=C\C/C=C\C/C=C\C/C=C\C/C=C\C/C=C\CCCCCCC(=O)OC(COC(=O)CCCCCCCCCCCCCCCCCCCCCCC)COP(=O)(O)OCC[N+](C)(C)C. The number of carbonyl (C=O) groups is 2. The number of likely N-dealkylation sites (N-methyl/N-ethyl adjacent to an activating group) is 1. The van der Waals surface area contributed by atoms with Gasteiger partial charge in [0.1, 0.15) is 19.8 Å². The Morgan fingerprint density at radius 2 is 0.713 bits per heavy atom. The van der Waals surface area contributed by atoms with Crippen molar-refractivity contribution in [1.29, 1.82) is 0 Å². The Labute approximate surface area is 492 Å². The van der Waals surface area contributed by atoms with E-state index in [1.54, 1.807) is 0 Å². The highest BCUT2D eigenvalue weighted by atomic mass is 31.2. The van der Waals surface area contributed by atoms with E-state index in [9.17, 15) is 19.0 Å². The van der Waals surface area contributed by atoms with Gasteiger partial charge in [0.25, 0.3) is 0 Å². The summed E-state index contributed by atoms with van der Waals surface area (Å²) >= 11 is 0. The minimum atomic E-state index is -4.40. The van der Waals surface area contributed by atoms with Gasteiger partial charge in [-0.1, -0.05) is 277 Å². The molecule has 2 atom stereocenters.